The fraction of sp³-hybridized carbons (Fsp3) is 0.176. The number of aromatic carboxylic acids is 1. The average molecular weight is 578 g/mol. The van der Waals surface area contributed by atoms with E-state index in [0.29, 0.717) is 36.2 Å². The number of carboxylic acid groups (broad SMARTS) is 1. The zero-order valence-electron chi connectivity index (χ0n) is 23.6. The summed E-state index contributed by atoms with van der Waals surface area (Å²) < 4.78 is 11.1. The molecule has 0 saturated carbocycles. The number of nitrogens with one attached hydrogen (secondary N) is 1. The first kappa shape index (κ1) is 29.2. The van der Waals surface area contributed by atoms with E-state index in [2.05, 4.69) is 15.3 Å². The molecule has 1 aliphatic rings. The molecule has 0 aliphatic heterocycles. The molecule has 0 bridgehead atoms. The number of aromatic nitrogens is 2. The number of allylic oxidation sites excluding steroid dienone is 4. The monoisotopic (exact) mass is 577 g/mol. The number of aliphatic hydroxyl groups excluding tert-OH is 1. The molecule has 5 rings (SSSR count). The number of amides is 1. The van der Waals surface area contributed by atoms with Crippen LogP contribution in [-0.2, 0) is 11.3 Å². The molecular formula is C34H31N3O6. The highest BCUT2D eigenvalue weighted by Crippen LogP contribution is 2.28. The zero-order chi connectivity index (χ0) is 30.2. The quantitative estimate of drug-likeness (QED) is 0.197. The van der Waals surface area contributed by atoms with Crippen LogP contribution < -0.4 is 10.1 Å². The fourth-order valence-electron chi connectivity index (χ4n) is 4.84. The normalized spacial score (nSPS) is 13.5. The minimum atomic E-state index is -1.16. The number of methoxy groups -OCH3 is 1. The van der Waals surface area contributed by atoms with E-state index in [1.807, 2.05) is 48.5 Å². The van der Waals surface area contributed by atoms with E-state index in [1.54, 1.807) is 49.7 Å². The number of hydrogen-bond acceptors (Lipinski definition) is 7. The third kappa shape index (κ3) is 7.52. The summed E-state index contributed by atoms with van der Waals surface area (Å²) in [6.45, 7) is 0.570. The van der Waals surface area contributed by atoms with Crippen LogP contribution >= 0.6 is 0 Å². The van der Waals surface area contributed by atoms with E-state index in [0.717, 1.165) is 22.3 Å². The Morgan fingerprint density at radius 2 is 1.86 bits per heavy atom. The number of nitrogens with zero attached hydrogens (tertiary/aromatic N) is 2. The highest BCUT2D eigenvalue weighted by molar-refractivity contribution is 6.06. The van der Waals surface area contributed by atoms with Gasteiger partial charge in [-0.1, -0.05) is 42.5 Å². The van der Waals surface area contributed by atoms with Gasteiger partial charge in [-0.25, -0.2) is 14.8 Å². The molecule has 43 heavy (non-hydrogen) atoms. The van der Waals surface area contributed by atoms with Crippen LogP contribution in [0.4, 0.5) is 0 Å². The predicted octanol–water partition coefficient (Wildman–Crippen LogP) is 6.04. The molecular weight excluding hydrogens is 546 g/mol. The number of carbonyl (C=O) groups is 2. The van der Waals surface area contributed by atoms with Gasteiger partial charge >= 0.3 is 5.97 Å². The van der Waals surface area contributed by atoms with Crippen molar-refractivity contribution >= 4 is 22.8 Å². The van der Waals surface area contributed by atoms with Gasteiger partial charge in [0.2, 0.25) is 5.88 Å². The number of carboxylic acids is 1. The van der Waals surface area contributed by atoms with E-state index >= 15 is 0 Å². The third-order valence-corrected chi connectivity index (χ3v) is 6.92. The van der Waals surface area contributed by atoms with Crippen molar-refractivity contribution in [3.05, 3.63) is 125 Å². The third-order valence-electron chi connectivity index (χ3n) is 6.92. The van der Waals surface area contributed by atoms with E-state index in [1.165, 1.54) is 6.07 Å². The number of aliphatic hydroxyl groups is 1. The molecule has 1 atom stereocenters. The van der Waals surface area contributed by atoms with Crippen LogP contribution in [0, 0.1) is 0 Å². The van der Waals surface area contributed by atoms with E-state index < -0.39 is 17.9 Å². The first-order chi connectivity index (χ1) is 20.9. The highest BCUT2D eigenvalue weighted by Gasteiger charge is 2.20. The maximum atomic E-state index is 13.3. The standard InChI is InChI=1S/C34H31N3O6/c1-42-21-26(17-22-6-5-9-27(38)13-11-22)36-33(39)31-19-29(34(40)41)28-18-25(12-14-30(28)37-31)24-8-4-7-23(16-24)20-43-32-10-2-3-15-35-32/h2-4,6-16,18-19,26,38H,5,17,20-21H2,1H3,(H,36,39)(H,40,41). The average Bonchev–Trinajstić information content (AvgIpc) is 3.23. The van der Waals surface area contributed by atoms with E-state index in [4.69, 9.17) is 9.47 Å². The number of pyridine rings is 2. The van der Waals surface area contributed by atoms with Crippen molar-refractivity contribution in [1.29, 1.82) is 0 Å². The molecule has 218 valence electrons. The maximum absolute atomic E-state index is 13.3. The Bertz CT molecular complexity index is 1730. The van der Waals surface area contributed by atoms with Crippen molar-refractivity contribution in [2.45, 2.75) is 25.5 Å². The molecule has 1 aliphatic carbocycles. The zero-order valence-corrected chi connectivity index (χ0v) is 23.6. The molecule has 4 aromatic rings. The number of benzene rings is 2. The van der Waals surface area contributed by atoms with Crippen molar-refractivity contribution in [1.82, 2.24) is 15.3 Å². The van der Waals surface area contributed by atoms with Gasteiger partial charge in [-0.3, -0.25) is 4.79 Å². The molecule has 2 aromatic carbocycles. The summed E-state index contributed by atoms with van der Waals surface area (Å²) in [7, 11) is 1.54. The van der Waals surface area contributed by atoms with Gasteiger partial charge in [0.1, 0.15) is 18.1 Å². The van der Waals surface area contributed by atoms with Gasteiger partial charge in [-0.15, -0.1) is 0 Å². The molecule has 0 radical (unpaired) electrons. The summed E-state index contributed by atoms with van der Waals surface area (Å²) in [6, 6.07) is 19.5. The second-order valence-electron chi connectivity index (χ2n) is 10.1. The summed E-state index contributed by atoms with van der Waals surface area (Å²) in [4.78, 5) is 34.3. The summed E-state index contributed by atoms with van der Waals surface area (Å²) in [5, 5.41) is 23.1. The lowest BCUT2D eigenvalue weighted by atomic mass is 9.99. The van der Waals surface area contributed by atoms with Crippen LogP contribution in [0.1, 0.15) is 39.3 Å². The van der Waals surface area contributed by atoms with Crippen LogP contribution in [0.5, 0.6) is 5.88 Å². The van der Waals surface area contributed by atoms with E-state index in [9.17, 15) is 19.8 Å². The first-order valence-corrected chi connectivity index (χ1v) is 13.8. The van der Waals surface area contributed by atoms with E-state index in [-0.39, 0.29) is 23.6 Å². The minimum absolute atomic E-state index is 0.00267. The maximum Gasteiger partial charge on any atom is 0.336 e. The molecule has 9 nitrogen and oxygen atoms in total. The second-order valence-corrected chi connectivity index (χ2v) is 10.1. The molecule has 9 heteroatoms. The number of carbonyl (C=O) groups excluding carboxylic acids is 1. The van der Waals surface area contributed by atoms with Crippen LogP contribution in [0.15, 0.2) is 109 Å². The van der Waals surface area contributed by atoms with Crippen LogP contribution in [0.2, 0.25) is 0 Å². The lowest BCUT2D eigenvalue weighted by molar-refractivity contribution is 0.0699. The van der Waals surface area contributed by atoms with Gasteiger partial charge in [-0.05, 0) is 77.6 Å². The Hall–Kier alpha value is -5.28. The molecule has 2 heterocycles. The summed E-state index contributed by atoms with van der Waals surface area (Å²) in [6.07, 6.45) is 9.76. The Labute approximate surface area is 248 Å². The van der Waals surface area contributed by atoms with Crippen molar-refractivity contribution in [3.63, 3.8) is 0 Å². The van der Waals surface area contributed by atoms with Gasteiger partial charge in [0.05, 0.1) is 23.7 Å². The van der Waals surface area contributed by atoms with Crippen molar-refractivity contribution in [2.75, 3.05) is 13.7 Å². The Balaban J connectivity index is 1.37. The summed E-state index contributed by atoms with van der Waals surface area (Å²) >= 11 is 0. The Morgan fingerprint density at radius 3 is 2.65 bits per heavy atom. The smallest absolute Gasteiger partial charge is 0.336 e. The van der Waals surface area contributed by atoms with Gasteiger partial charge in [0.25, 0.3) is 5.91 Å². The number of rotatable bonds is 11. The van der Waals surface area contributed by atoms with Crippen molar-refractivity contribution < 1.29 is 29.3 Å². The first-order valence-electron chi connectivity index (χ1n) is 13.8. The van der Waals surface area contributed by atoms with Crippen molar-refractivity contribution in [2.24, 2.45) is 0 Å². The van der Waals surface area contributed by atoms with Gasteiger partial charge < -0.3 is 25.0 Å². The second kappa shape index (κ2) is 13.6. The van der Waals surface area contributed by atoms with Crippen LogP contribution in [0.25, 0.3) is 22.0 Å². The predicted molar refractivity (Wildman–Crippen MR) is 163 cm³/mol. The number of ether oxygens (including phenoxy) is 2. The molecule has 1 unspecified atom stereocenters. The molecule has 0 spiro atoms. The topological polar surface area (TPSA) is 131 Å². The Morgan fingerprint density at radius 1 is 1.00 bits per heavy atom. The number of hydrogen-bond donors (Lipinski definition) is 3. The Kier molecular flexibility index (Phi) is 9.23. The van der Waals surface area contributed by atoms with Crippen LogP contribution in [-0.4, -0.2) is 51.8 Å². The van der Waals surface area contributed by atoms with Gasteiger partial charge in [0, 0.05) is 24.8 Å². The largest absolute Gasteiger partial charge is 0.508 e. The minimum Gasteiger partial charge on any atom is -0.508 e. The molecule has 1 amide bonds. The molecule has 0 fully saturated rings. The van der Waals surface area contributed by atoms with Crippen LogP contribution in [0.3, 0.4) is 0 Å². The summed E-state index contributed by atoms with van der Waals surface area (Å²) in [5.74, 6) is -0.952. The van der Waals surface area contributed by atoms with Gasteiger partial charge in [0.15, 0.2) is 0 Å². The highest BCUT2D eigenvalue weighted by atomic mass is 16.5. The number of fused-ring (bicyclic) bond motifs is 1. The molecule has 2 aromatic heterocycles. The lowest BCUT2D eigenvalue weighted by Crippen LogP contribution is -2.38. The fourth-order valence-corrected chi connectivity index (χ4v) is 4.84. The van der Waals surface area contributed by atoms with Crippen molar-refractivity contribution in [3.8, 4) is 17.0 Å². The lowest BCUT2D eigenvalue weighted by Gasteiger charge is -2.19. The molecule has 3 N–H and O–H groups in total. The summed E-state index contributed by atoms with van der Waals surface area (Å²) in [5.41, 5.74) is 3.92. The SMILES string of the molecule is COCC(CC1=CCC=C(O)C=C1)NC(=O)c1cc(C(=O)O)c2cc(-c3cccc(COc4ccccn4)c3)ccc2n1. The van der Waals surface area contributed by atoms with Gasteiger partial charge in [-0.2, -0.15) is 0 Å². The molecule has 0 saturated heterocycles.